The highest BCUT2D eigenvalue weighted by molar-refractivity contribution is 5.86. The average Bonchev–Trinajstić information content (AvgIpc) is 2.60. The molecule has 1 rings (SSSR count). The van der Waals surface area contributed by atoms with E-state index in [4.69, 9.17) is 18.9 Å². The number of rotatable bonds is 8. The van der Waals surface area contributed by atoms with Gasteiger partial charge in [-0.15, -0.1) is 0 Å². The van der Waals surface area contributed by atoms with Gasteiger partial charge in [0, 0.05) is 34.2 Å². The van der Waals surface area contributed by atoms with Crippen molar-refractivity contribution in [3.63, 3.8) is 0 Å². The molecule has 5 atom stereocenters. The van der Waals surface area contributed by atoms with E-state index in [-0.39, 0.29) is 13.2 Å². The molecule has 29 heavy (non-hydrogen) atoms. The van der Waals surface area contributed by atoms with Crippen LogP contribution in [0.25, 0.3) is 0 Å². The summed E-state index contributed by atoms with van der Waals surface area (Å²) in [5.74, 6) is -2.93. The fraction of sp³-hybridized carbons (Fsp3) is 0.611. The number of amides is 2. The summed E-state index contributed by atoms with van der Waals surface area (Å²) in [6.07, 6.45) is -3.17. The Labute approximate surface area is 168 Å². The third kappa shape index (κ3) is 7.90. The summed E-state index contributed by atoms with van der Waals surface area (Å²) < 4.78 is 21.4. The highest BCUT2D eigenvalue weighted by Crippen LogP contribution is 2.27. The second-order valence-corrected chi connectivity index (χ2v) is 6.34. The van der Waals surface area contributed by atoms with Crippen LogP contribution >= 0.6 is 0 Å². The Hall–Kier alpha value is -2.95. The Kier molecular flexibility index (Phi) is 9.26. The first-order valence-electron chi connectivity index (χ1n) is 8.85. The molecule has 11 nitrogen and oxygen atoms in total. The molecule has 2 amide bonds. The predicted octanol–water partition coefficient (Wildman–Crippen LogP) is -1.01. The van der Waals surface area contributed by atoms with Gasteiger partial charge in [-0.05, 0) is 6.08 Å². The van der Waals surface area contributed by atoms with Crippen LogP contribution in [0.5, 0.6) is 0 Å². The molecule has 0 saturated carbocycles. The van der Waals surface area contributed by atoms with Crippen LogP contribution in [0.4, 0.5) is 0 Å². The number of hydrogen-bond acceptors (Lipinski definition) is 9. The molecule has 0 aromatic carbocycles. The van der Waals surface area contributed by atoms with Gasteiger partial charge in [0.25, 0.3) is 0 Å². The SMILES string of the molecule is C=CC(=O)NCC1OC(COC(C)=O)C(OC(C)=O)C(OC(C)=O)C1NC(C)=O. The number of ether oxygens (including phenoxy) is 4. The number of esters is 3. The third-order valence-electron chi connectivity index (χ3n) is 3.88. The lowest BCUT2D eigenvalue weighted by Crippen LogP contribution is -2.67. The van der Waals surface area contributed by atoms with E-state index < -0.39 is 60.2 Å². The van der Waals surface area contributed by atoms with E-state index in [1.807, 2.05) is 0 Å². The standard InChI is InChI=1S/C18H26N2O9/c1-6-15(25)19-7-13-16(20-9(2)21)18(28-12(5)24)17(27-11(4)23)14(29-13)8-26-10(3)22/h6,13-14,16-18H,1,7-8H2,2-5H3,(H,19,25)(H,20,21). The van der Waals surface area contributed by atoms with Gasteiger partial charge in [0.15, 0.2) is 12.2 Å². The Morgan fingerprint density at radius 2 is 1.52 bits per heavy atom. The topological polar surface area (TPSA) is 146 Å². The zero-order chi connectivity index (χ0) is 22.1. The normalized spacial score (nSPS) is 25.9. The molecule has 162 valence electrons. The zero-order valence-corrected chi connectivity index (χ0v) is 16.8. The lowest BCUT2D eigenvalue weighted by atomic mass is 9.91. The van der Waals surface area contributed by atoms with Crippen molar-refractivity contribution in [1.29, 1.82) is 0 Å². The number of nitrogens with one attached hydrogen (secondary N) is 2. The second kappa shape index (κ2) is 11.1. The predicted molar refractivity (Wildman–Crippen MR) is 97.2 cm³/mol. The van der Waals surface area contributed by atoms with Crippen LogP contribution in [0.15, 0.2) is 12.7 Å². The zero-order valence-electron chi connectivity index (χ0n) is 16.8. The van der Waals surface area contributed by atoms with Gasteiger partial charge in [0.2, 0.25) is 11.8 Å². The fourth-order valence-electron chi connectivity index (χ4n) is 2.87. The van der Waals surface area contributed by atoms with E-state index in [0.717, 1.165) is 19.9 Å². The van der Waals surface area contributed by atoms with Crippen LogP contribution in [0.2, 0.25) is 0 Å². The molecule has 0 aliphatic carbocycles. The summed E-state index contributed by atoms with van der Waals surface area (Å²) in [6.45, 7) is 7.70. The summed E-state index contributed by atoms with van der Waals surface area (Å²) in [5, 5.41) is 5.13. The van der Waals surface area contributed by atoms with Crippen LogP contribution in [0, 0.1) is 0 Å². The molecule has 0 bridgehead atoms. The van der Waals surface area contributed by atoms with E-state index in [1.165, 1.54) is 13.8 Å². The van der Waals surface area contributed by atoms with Gasteiger partial charge < -0.3 is 29.6 Å². The molecule has 5 unspecified atom stereocenters. The maximum Gasteiger partial charge on any atom is 0.303 e. The van der Waals surface area contributed by atoms with Crippen LogP contribution in [0.3, 0.4) is 0 Å². The van der Waals surface area contributed by atoms with E-state index in [1.54, 1.807) is 0 Å². The highest BCUT2D eigenvalue weighted by atomic mass is 16.6. The number of carbonyl (C=O) groups is 5. The third-order valence-corrected chi connectivity index (χ3v) is 3.88. The van der Waals surface area contributed by atoms with Gasteiger partial charge in [0.1, 0.15) is 12.7 Å². The minimum absolute atomic E-state index is 0.0864. The van der Waals surface area contributed by atoms with Crippen molar-refractivity contribution in [2.45, 2.75) is 58.2 Å². The average molecular weight is 414 g/mol. The van der Waals surface area contributed by atoms with E-state index in [0.29, 0.717) is 0 Å². The van der Waals surface area contributed by atoms with Gasteiger partial charge in [-0.25, -0.2) is 0 Å². The van der Waals surface area contributed by atoms with Gasteiger partial charge in [0.05, 0.1) is 12.1 Å². The minimum atomic E-state index is -1.17. The van der Waals surface area contributed by atoms with Gasteiger partial charge in [-0.2, -0.15) is 0 Å². The molecular formula is C18H26N2O9. The van der Waals surface area contributed by atoms with Crippen molar-refractivity contribution in [3.8, 4) is 0 Å². The molecular weight excluding hydrogens is 388 g/mol. The van der Waals surface area contributed by atoms with Crippen LogP contribution in [-0.4, -0.2) is 73.3 Å². The Bertz CT molecular complexity index is 664. The number of hydrogen-bond donors (Lipinski definition) is 2. The van der Waals surface area contributed by atoms with Crippen molar-refractivity contribution in [2.75, 3.05) is 13.2 Å². The molecule has 1 saturated heterocycles. The highest BCUT2D eigenvalue weighted by Gasteiger charge is 2.50. The lowest BCUT2D eigenvalue weighted by Gasteiger charge is -2.45. The van der Waals surface area contributed by atoms with Crippen LogP contribution < -0.4 is 10.6 Å². The van der Waals surface area contributed by atoms with Crippen molar-refractivity contribution >= 4 is 29.7 Å². The monoisotopic (exact) mass is 414 g/mol. The molecule has 1 aliphatic rings. The van der Waals surface area contributed by atoms with Crippen LogP contribution in [-0.2, 0) is 42.9 Å². The minimum Gasteiger partial charge on any atom is -0.463 e. The Morgan fingerprint density at radius 3 is 2.00 bits per heavy atom. The van der Waals surface area contributed by atoms with Crippen molar-refractivity contribution in [3.05, 3.63) is 12.7 Å². The largest absolute Gasteiger partial charge is 0.463 e. The second-order valence-electron chi connectivity index (χ2n) is 6.34. The van der Waals surface area contributed by atoms with Crippen molar-refractivity contribution in [1.82, 2.24) is 10.6 Å². The number of carbonyl (C=O) groups excluding carboxylic acids is 5. The molecule has 0 radical (unpaired) electrons. The Balaban J connectivity index is 3.27. The van der Waals surface area contributed by atoms with Crippen molar-refractivity contribution < 1.29 is 42.9 Å². The van der Waals surface area contributed by atoms with E-state index in [9.17, 15) is 24.0 Å². The smallest absolute Gasteiger partial charge is 0.303 e. The molecule has 0 aromatic rings. The molecule has 1 aliphatic heterocycles. The molecule has 1 fully saturated rings. The van der Waals surface area contributed by atoms with Crippen molar-refractivity contribution in [2.24, 2.45) is 0 Å². The maximum atomic E-state index is 11.7. The molecule has 0 spiro atoms. The summed E-state index contributed by atoms with van der Waals surface area (Å²) in [6, 6.07) is -0.959. The summed E-state index contributed by atoms with van der Waals surface area (Å²) >= 11 is 0. The summed E-state index contributed by atoms with van der Waals surface area (Å²) in [4.78, 5) is 57.8. The van der Waals surface area contributed by atoms with Gasteiger partial charge in [-0.1, -0.05) is 6.58 Å². The van der Waals surface area contributed by atoms with Gasteiger partial charge >= 0.3 is 17.9 Å². The summed E-state index contributed by atoms with van der Waals surface area (Å²) in [5.41, 5.74) is 0. The fourth-order valence-corrected chi connectivity index (χ4v) is 2.87. The van der Waals surface area contributed by atoms with E-state index >= 15 is 0 Å². The maximum absolute atomic E-state index is 11.7. The summed E-state index contributed by atoms with van der Waals surface area (Å²) in [7, 11) is 0. The molecule has 0 aromatic heterocycles. The first-order valence-corrected chi connectivity index (χ1v) is 8.85. The Morgan fingerprint density at radius 1 is 0.931 bits per heavy atom. The van der Waals surface area contributed by atoms with E-state index in [2.05, 4.69) is 17.2 Å². The molecule has 1 heterocycles. The quantitative estimate of drug-likeness (QED) is 0.290. The first kappa shape index (κ1) is 24.1. The lowest BCUT2D eigenvalue weighted by molar-refractivity contribution is -0.222. The first-order chi connectivity index (χ1) is 13.5. The molecule has 2 N–H and O–H groups in total. The van der Waals surface area contributed by atoms with Gasteiger partial charge in [-0.3, -0.25) is 24.0 Å². The molecule has 11 heteroatoms. The van der Waals surface area contributed by atoms with Crippen LogP contribution in [0.1, 0.15) is 27.7 Å².